The van der Waals surface area contributed by atoms with Crippen molar-refractivity contribution in [2.24, 2.45) is 7.05 Å². The normalized spacial score (nSPS) is 17.8. The zero-order valence-corrected chi connectivity index (χ0v) is 10.5. The second-order valence-corrected chi connectivity index (χ2v) is 4.67. The molecule has 0 saturated carbocycles. The minimum absolute atomic E-state index is 0.291. The van der Waals surface area contributed by atoms with Crippen LogP contribution in [0.4, 0.5) is 0 Å². The van der Waals surface area contributed by atoms with Crippen molar-refractivity contribution in [1.82, 2.24) is 20.0 Å². The van der Waals surface area contributed by atoms with Crippen molar-refractivity contribution in [3.8, 4) is 0 Å². The van der Waals surface area contributed by atoms with Crippen molar-refractivity contribution in [2.75, 3.05) is 13.1 Å². The van der Waals surface area contributed by atoms with E-state index in [1.54, 1.807) is 6.20 Å². The Kier molecular flexibility index (Phi) is 3.78. The Morgan fingerprint density at radius 1 is 1.59 bits per heavy atom. The first-order chi connectivity index (χ1) is 8.16. The van der Waals surface area contributed by atoms with Gasteiger partial charge in [0.25, 0.3) is 0 Å². The summed E-state index contributed by atoms with van der Waals surface area (Å²) in [6.07, 6.45) is 3.52. The molecule has 2 heterocycles. The maximum atomic E-state index is 11.5. The van der Waals surface area contributed by atoms with Crippen LogP contribution in [0.3, 0.4) is 0 Å². The third-order valence-corrected chi connectivity index (χ3v) is 3.22. The van der Waals surface area contributed by atoms with Crippen LogP contribution in [0.25, 0.3) is 0 Å². The second-order valence-electron chi connectivity index (χ2n) is 4.67. The molecule has 2 rings (SSSR count). The summed E-state index contributed by atoms with van der Waals surface area (Å²) in [7, 11) is 1.94. The zero-order valence-electron chi connectivity index (χ0n) is 10.5. The Morgan fingerprint density at radius 2 is 2.41 bits per heavy atom. The lowest BCUT2D eigenvalue weighted by Crippen LogP contribution is -2.39. The predicted octanol–water partition coefficient (Wildman–Crippen LogP) is 0.521. The molecule has 0 radical (unpaired) electrons. The van der Waals surface area contributed by atoms with E-state index < -0.39 is 0 Å². The van der Waals surface area contributed by atoms with E-state index in [0.29, 0.717) is 18.4 Å². The van der Waals surface area contributed by atoms with Crippen molar-refractivity contribution in [1.29, 1.82) is 0 Å². The molecule has 94 valence electrons. The number of carbonyl (C=O) groups is 1. The second kappa shape index (κ2) is 5.31. The SMILES string of the molecule is CC(CN1CCCC1=O)NCc1ccnn1C. The Balaban J connectivity index is 1.76. The molecule has 1 aliphatic rings. The number of nitrogens with zero attached hydrogens (tertiary/aromatic N) is 3. The fourth-order valence-corrected chi connectivity index (χ4v) is 2.15. The van der Waals surface area contributed by atoms with Gasteiger partial charge < -0.3 is 10.2 Å². The van der Waals surface area contributed by atoms with E-state index in [2.05, 4.69) is 17.3 Å². The maximum Gasteiger partial charge on any atom is 0.222 e. The fourth-order valence-electron chi connectivity index (χ4n) is 2.15. The van der Waals surface area contributed by atoms with Gasteiger partial charge in [-0.15, -0.1) is 0 Å². The highest BCUT2D eigenvalue weighted by Crippen LogP contribution is 2.09. The summed E-state index contributed by atoms with van der Waals surface area (Å²) < 4.78 is 1.86. The lowest BCUT2D eigenvalue weighted by molar-refractivity contribution is -0.127. The van der Waals surface area contributed by atoms with Crippen LogP contribution in [-0.4, -0.2) is 39.7 Å². The van der Waals surface area contributed by atoms with Crippen LogP contribution in [0.2, 0.25) is 0 Å². The van der Waals surface area contributed by atoms with Crippen LogP contribution < -0.4 is 5.32 Å². The van der Waals surface area contributed by atoms with Gasteiger partial charge in [0.15, 0.2) is 0 Å². The smallest absolute Gasteiger partial charge is 0.222 e. The highest BCUT2D eigenvalue weighted by Gasteiger charge is 2.21. The van der Waals surface area contributed by atoms with Crippen molar-refractivity contribution in [3.05, 3.63) is 18.0 Å². The van der Waals surface area contributed by atoms with Crippen LogP contribution in [0, 0.1) is 0 Å². The van der Waals surface area contributed by atoms with Crippen LogP contribution in [0.1, 0.15) is 25.5 Å². The third kappa shape index (κ3) is 3.06. The van der Waals surface area contributed by atoms with Crippen LogP contribution in [0.15, 0.2) is 12.3 Å². The fraction of sp³-hybridized carbons (Fsp3) is 0.667. The first-order valence-electron chi connectivity index (χ1n) is 6.15. The van der Waals surface area contributed by atoms with E-state index in [0.717, 1.165) is 31.7 Å². The van der Waals surface area contributed by atoms with Gasteiger partial charge in [0, 0.05) is 45.3 Å². The molecule has 1 aromatic heterocycles. The van der Waals surface area contributed by atoms with Gasteiger partial charge in [0.05, 0.1) is 5.69 Å². The Hall–Kier alpha value is -1.36. The molecule has 1 fully saturated rings. The van der Waals surface area contributed by atoms with Gasteiger partial charge in [-0.2, -0.15) is 5.10 Å². The molecule has 0 spiro atoms. The lowest BCUT2D eigenvalue weighted by atomic mass is 10.3. The number of aryl methyl sites for hydroxylation is 1. The lowest BCUT2D eigenvalue weighted by Gasteiger charge is -2.21. The monoisotopic (exact) mass is 236 g/mol. The van der Waals surface area contributed by atoms with Crippen molar-refractivity contribution in [2.45, 2.75) is 32.4 Å². The number of rotatable bonds is 5. The average Bonchev–Trinajstić information content (AvgIpc) is 2.86. The zero-order chi connectivity index (χ0) is 12.3. The predicted molar refractivity (Wildman–Crippen MR) is 65.3 cm³/mol. The van der Waals surface area contributed by atoms with Gasteiger partial charge in [0.1, 0.15) is 0 Å². The molecule has 17 heavy (non-hydrogen) atoms. The van der Waals surface area contributed by atoms with Gasteiger partial charge in [-0.25, -0.2) is 0 Å². The van der Waals surface area contributed by atoms with Crippen LogP contribution >= 0.6 is 0 Å². The number of likely N-dealkylation sites (tertiary alicyclic amines) is 1. The number of aromatic nitrogens is 2. The Morgan fingerprint density at radius 3 is 3.00 bits per heavy atom. The number of hydrogen-bond donors (Lipinski definition) is 1. The molecule has 0 aromatic carbocycles. The molecule has 5 heteroatoms. The van der Waals surface area contributed by atoms with Gasteiger partial charge in [-0.1, -0.05) is 0 Å². The van der Waals surface area contributed by atoms with E-state index in [-0.39, 0.29) is 0 Å². The van der Waals surface area contributed by atoms with E-state index in [9.17, 15) is 4.79 Å². The highest BCUT2D eigenvalue weighted by atomic mass is 16.2. The summed E-state index contributed by atoms with van der Waals surface area (Å²) in [6, 6.07) is 2.31. The molecule has 1 amide bonds. The maximum absolute atomic E-state index is 11.5. The Labute approximate surface area is 102 Å². The van der Waals surface area contributed by atoms with E-state index in [4.69, 9.17) is 0 Å². The number of hydrogen-bond acceptors (Lipinski definition) is 3. The van der Waals surface area contributed by atoms with E-state index in [1.165, 1.54) is 0 Å². The molecule has 1 N–H and O–H groups in total. The number of amides is 1. The highest BCUT2D eigenvalue weighted by molar-refractivity contribution is 5.78. The van der Waals surface area contributed by atoms with Gasteiger partial charge in [0.2, 0.25) is 5.91 Å². The van der Waals surface area contributed by atoms with Crippen molar-refractivity contribution < 1.29 is 4.79 Å². The molecular weight excluding hydrogens is 216 g/mol. The van der Waals surface area contributed by atoms with Crippen LogP contribution in [-0.2, 0) is 18.4 Å². The standard InChI is InChI=1S/C12H20N4O/c1-10(9-16-7-3-4-12(16)17)13-8-11-5-6-14-15(11)2/h5-6,10,13H,3-4,7-9H2,1-2H3. The quantitative estimate of drug-likeness (QED) is 0.811. The summed E-state index contributed by atoms with van der Waals surface area (Å²) in [5, 5.41) is 7.54. The molecular formula is C12H20N4O. The summed E-state index contributed by atoms with van der Waals surface area (Å²) in [6.45, 7) is 4.62. The van der Waals surface area contributed by atoms with E-state index >= 15 is 0 Å². The minimum Gasteiger partial charge on any atom is -0.341 e. The average molecular weight is 236 g/mol. The molecule has 1 unspecified atom stereocenters. The molecule has 1 aliphatic heterocycles. The molecule has 1 saturated heterocycles. The topological polar surface area (TPSA) is 50.2 Å². The van der Waals surface area contributed by atoms with Gasteiger partial charge in [-0.3, -0.25) is 9.48 Å². The minimum atomic E-state index is 0.291. The Bertz CT molecular complexity index is 388. The summed E-state index contributed by atoms with van der Waals surface area (Å²) >= 11 is 0. The summed E-state index contributed by atoms with van der Waals surface area (Å²) in [4.78, 5) is 13.4. The number of nitrogens with one attached hydrogen (secondary N) is 1. The molecule has 0 bridgehead atoms. The third-order valence-electron chi connectivity index (χ3n) is 3.22. The van der Waals surface area contributed by atoms with Crippen molar-refractivity contribution in [3.63, 3.8) is 0 Å². The first kappa shape index (κ1) is 12.1. The molecule has 1 aromatic rings. The first-order valence-corrected chi connectivity index (χ1v) is 6.15. The largest absolute Gasteiger partial charge is 0.341 e. The van der Waals surface area contributed by atoms with Crippen LogP contribution in [0.5, 0.6) is 0 Å². The summed E-state index contributed by atoms with van der Waals surface area (Å²) in [5.74, 6) is 0.291. The summed E-state index contributed by atoms with van der Waals surface area (Å²) in [5.41, 5.74) is 1.16. The molecule has 1 atom stereocenters. The van der Waals surface area contributed by atoms with E-state index in [1.807, 2.05) is 22.7 Å². The van der Waals surface area contributed by atoms with Gasteiger partial charge in [-0.05, 0) is 19.4 Å². The molecule has 0 aliphatic carbocycles. The number of carbonyl (C=O) groups excluding carboxylic acids is 1. The molecule has 5 nitrogen and oxygen atoms in total. The van der Waals surface area contributed by atoms with Gasteiger partial charge >= 0.3 is 0 Å². The van der Waals surface area contributed by atoms with Crippen molar-refractivity contribution >= 4 is 5.91 Å².